The van der Waals surface area contributed by atoms with Gasteiger partial charge in [0.2, 0.25) is 5.91 Å². The van der Waals surface area contributed by atoms with E-state index in [0.29, 0.717) is 19.6 Å². The Bertz CT molecular complexity index is 406. The van der Waals surface area contributed by atoms with E-state index in [2.05, 4.69) is 5.32 Å². The van der Waals surface area contributed by atoms with Gasteiger partial charge in [-0.2, -0.15) is 0 Å². The Balaban J connectivity index is 2.50. The molecule has 0 fully saturated rings. The minimum absolute atomic E-state index is 0.0559. The molecule has 1 rings (SSSR count). The first-order valence-electron chi connectivity index (χ1n) is 5.82. The van der Waals surface area contributed by atoms with Crippen molar-refractivity contribution >= 4 is 5.91 Å². The summed E-state index contributed by atoms with van der Waals surface area (Å²) in [5.41, 5.74) is 0.805. The van der Waals surface area contributed by atoms with Gasteiger partial charge in [-0.3, -0.25) is 4.79 Å². The monoisotopic (exact) mass is 253 g/mol. The van der Waals surface area contributed by atoms with Crippen LogP contribution in [-0.4, -0.2) is 36.4 Å². The third-order valence-electron chi connectivity index (χ3n) is 2.63. The van der Waals surface area contributed by atoms with E-state index in [1.165, 1.54) is 12.1 Å². The second-order valence-corrected chi connectivity index (χ2v) is 4.21. The van der Waals surface area contributed by atoms with Crippen molar-refractivity contribution in [3.05, 3.63) is 23.8 Å². The van der Waals surface area contributed by atoms with Gasteiger partial charge >= 0.3 is 0 Å². The quantitative estimate of drug-likeness (QED) is 0.523. The van der Waals surface area contributed by atoms with E-state index >= 15 is 0 Å². The molecule has 0 heterocycles. The van der Waals surface area contributed by atoms with Gasteiger partial charge < -0.3 is 20.3 Å². The third-order valence-corrected chi connectivity index (χ3v) is 2.63. The normalized spacial score (nSPS) is 12.1. The summed E-state index contributed by atoms with van der Waals surface area (Å²) in [6.07, 6.45) is 0.507. The van der Waals surface area contributed by atoms with Crippen molar-refractivity contribution in [2.75, 3.05) is 20.3 Å². The van der Waals surface area contributed by atoms with Gasteiger partial charge in [0.05, 0.1) is 6.61 Å². The van der Waals surface area contributed by atoms with Crippen molar-refractivity contribution in [2.24, 2.45) is 5.92 Å². The maximum atomic E-state index is 11.7. The van der Waals surface area contributed by atoms with Crippen LogP contribution in [0.4, 0.5) is 0 Å². The first-order valence-corrected chi connectivity index (χ1v) is 5.82. The molecule has 0 bridgehead atoms. The zero-order chi connectivity index (χ0) is 13.5. The Labute approximate surface area is 106 Å². The zero-order valence-electron chi connectivity index (χ0n) is 10.6. The molecule has 0 spiro atoms. The first kappa shape index (κ1) is 14.3. The number of rotatable bonds is 6. The molecule has 18 heavy (non-hydrogen) atoms. The molecule has 1 unspecified atom stereocenters. The van der Waals surface area contributed by atoms with Crippen LogP contribution in [0.25, 0.3) is 0 Å². The summed E-state index contributed by atoms with van der Waals surface area (Å²) in [6, 6.07) is 4.57. The fourth-order valence-electron chi connectivity index (χ4n) is 1.59. The summed E-state index contributed by atoms with van der Waals surface area (Å²) in [7, 11) is 1.58. The minimum Gasteiger partial charge on any atom is -0.504 e. The Morgan fingerprint density at radius 1 is 1.39 bits per heavy atom. The summed E-state index contributed by atoms with van der Waals surface area (Å²) in [5, 5.41) is 21.3. The molecule has 0 radical (unpaired) electrons. The van der Waals surface area contributed by atoms with E-state index in [1.54, 1.807) is 13.2 Å². The Hall–Kier alpha value is -1.75. The molecule has 0 aliphatic carbocycles. The molecule has 3 N–H and O–H groups in total. The van der Waals surface area contributed by atoms with Crippen LogP contribution in [0, 0.1) is 5.92 Å². The van der Waals surface area contributed by atoms with E-state index in [0.717, 1.165) is 5.56 Å². The fourth-order valence-corrected chi connectivity index (χ4v) is 1.59. The van der Waals surface area contributed by atoms with Crippen LogP contribution < -0.4 is 5.32 Å². The predicted octanol–water partition coefficient (Wildman–Crippen LogP) is 1.04. The molecule has 5 heteroatoms. The molecule has 0 aromatic heterocycles. The summed E-state index contributed by atoms with van der Waals surface area (Å²) in [5.74, 6) is -0.583. The molecule has 0 aliphatic rings. The molecule has 1 aromatic carbocycles. The van der Waals surface area contributed by atoms with Gasteiger partial charge in [-0.15, -0.1) is 0 Å². The van der Waals surface area contributed by atoms with Crippen LogP contribution in [0.2, 0.25) is 0 Å². The predicted molar refractivity (Wildman–Crippen MR) is 67.5 cm³/mol. The number of phenolic OH excluding ortho intramolecular Hbond substituents is 2. The van der Waals surface area contributed by atoms with Crippen LogP contribution >= 0.6 is 0 Å². The van der Waals surface area contributed by atoms with Gasteiger partial charge in [0.15, 0.2) is 11.5 Å². The number of benzene rings is 1. The second-order valence-electron chi connectivity index (χ2n) is 4.21. The van der Waals surface area contributed by atoms with Crippen molar-refractivity contribution in [3.8, 4) is 11.5 Å². The van der Waals surface area contributed by atoms with Gasteiger partial charge in [0.1, 0.15) is 0 Å². The van der Waals surface area contributed by atoms with Crippen LogP contribution in [-0.2, 0) is 16.0 Å². The van der Waals surface area contributed by atoms with E-state index in [9.17, 15) is 15.0 Å². The lowest BCUT2D eigenvalue weighted by molar-refractivity contribution is -0.124. The number of methoxy groups -OCH3 is 1. The van der Waals surface area contributed by atoms with Crippen LogP contribution in [0.1, 0.15) is 12.5 Å². The summed E-state index contributed by atoms with van der Waals surface area (Å²) in [4.78, 5) is 11.7. The maximum Gasteiger partial charge on any atom is 0.223 e. The largest absolute Gasteiger partial charge is 0.504 e. The highest BCUT2D eigenvalue weighted by Crippen LogP contribution is 2.25. The van der Waals surface area contributed by atoms with Gasteiger partial charge in [0.25, 0.3) is 0 Å². The number of carbonyl (C=O) groups excluding carboxylic acids is 1. The van der Waals surface area contributed by atoms with E-state index in [1.807, 2.05) is 6.92 Å². The zero-order valence-corrected chi connectivity index (χ0v) is 10.6. The highest BCUT2D eigenvalue weighted by atomic mass is 16.5. The molecule has 0 saturated carbocycles. The van der Waals surface area contributed by atoms with E-state index in [4.69, 9.17) is 4.74 Å². The molecule has 5 nitrogen and oxygen atoms in total. The Morgan fingerprint density at radius 2 is 2.11 bits per heavy atom. The molecule has 1 amide bonds. The van der Waals surface area contributed by atoms with Gasteiger partial charge in [-0.25, -0.2) is 0 Å². The number of aromatic hydroxyl groups is 2. The summed E-state index contributed by atoms with van der Waals surface area (Å²) < 4.78 is 4.84. The number of ether oxygens (including phenoxy) is 1. The van der Waals surface area contributed by atoms with Crippen LogP contribution in [0.15, 0.2) is 18.2 Å². The molecule has 1 aromatic rings. The highest BCUT2D eigenvalue weighted by Gasteiger charge is 2.13. The molecular weight excluding hydrogens is 234 g/mol. The molecule has 0 saturated heterocycles. The van der Waals surface area contributed by atoms with Crippen molar-refractivity contribution in [1.82, 2.24) is 5.32 Å². The van der Waals surface area contributed by atoms with Crippen LogP contribution in [0.3, 0.4) is 0 Å². The van der Waals surface area contributed by atoms with Crippen molar-refractivity contribution in [3.63, 3.8) is 0 Å². The topological polar surface area (TPSA) is 78.8 Å². The van der Waals surface area contributed by atoms with Gasteiger partial charge in [0, 0.05) is 19.6 Å². The van der Waals surface area contributed by atoms with Gasteiger partial charge in [-0.05, 0) is 24.1 Å². The number of carbonyl (C=O) groups is 1. The molecular formula is C13H19NO4. The molecule has 0 aliphatic heterocycles. The molecule has 1 atom stereocenters. The average molecular weight is 253 g/mol. The van der Waals surface area contributed by atoms with Crippen molar-refractivity contribution in [1.29, 1.82) is 0 Å². The molecule has 100 valence electrons. The van der Waals surface area contributed by atoms with Crippen molar-refractivity contribution in [2.45, 2.75) is 13.3 Å². The number of phenols is 2. The standard InChI is InChI=1S/C13H19NO4/c1-9(13(17)14-5-6-18-2)7-10-3-4-11(15)12(16)8-10/h3-4,8-9,15-16H,5-7H2,1-2H3,(H,14,17). The van der Waals surface area contributed by atoms with Crippen molar-refractivity contribution < 1.29 is 19.7 Å². The Kier molecular flexibility index (Phi) is 5.45. The first-order chi connectivity index (χ1) is 8.54. The Morgan fingerprint density at radius 3 is 2.72 bits per heavy atom. The summed E-state index contributed by atoms with van der Waals surface area (Å²) >= 11 is 0. The maximum absolute atomic E-state index is 11.7. The van der Waals surface area contributed by atoms with Crippen LogP contribution in [0.5, 0.6) is 11.5 Å². The highest BCUT2D eigenvalue weighted by molar-refractivity contribution is 5.78. The fraction of sp³-hybridized carbons (Fsp3) is 0.462. The smallest absolute Gasteiger partial charge is 0.223 e. The minimum atomic E-state index is -0.203. The second kappa shape index (κ2) is 6.86. The number of hydrogen-bond acceptors (Lipinski definition) is 4. The lowest BCUT2D eigenvalue weighted by atomic mass is 10.00. The number of nitrogens with one attached hydrogen (secondary N) is 1. The number of hydrogen-bond donors (Lipinski definition) is 3. The lowest BCUT2D eigenvalue weighted by Crippen LogP contribution is -2.32. The lowest BCUT2D eigenvalue weighted by Gasteiger charge is -2.12. The SMILES string of the molecule is COCCNC(=O)C(C)Cc1ccc(O)c(O)c1. The average Bonchev–Trinajstić information content (AvgIpc) is 2.34. The van der Waals surface area contributed by atoms with E-state index in [-0.39, 0.29) is 23.3 Å². The number of amides is 1. The van der Waals surface area contributed by atoms with Gasteiger partial charge in [-0.1, -0.05) is 13.0 Å². The third kappa shape index (κ3) is 4.25. The van der Waals surface area contributed by atoms with E-state index < -0.39 is 0 Å². The summed E-state index contributed by atoms with van der Waals surface area (Å²) in [6.45, 7) is 2.78.